The summed E-state index contributed by atoms with van der Waals surface area (Å²) >= 11 is 0. The number of aliphatic carboxylic acids is 1. The number of nitrogens with one attached hydrogen (secondary N) is 2. The molecule has 1 amide bonds. The van der Waals surface area contributed by atoms with E-state index >= 15 is 0 Å². The van der Waals surface area contributed by atoms with Crippen LogP contribution in [0.4, 0.5) is 5.69 Å². The maximum atomic E-state index is 12.5. The molecule has 7 heteroatoms. The summed E-state index contributed by atoms with van der Waals surface area (Å²) in [5.41, 5.74) is 3.26. The van der Waals surface area contributed by atoms with Gasteiger partial charge >= 0.3 is 5.97 Å². The second-order valence-electron chi connectivity index (χ2n) is 6.64. The molecule has 0 fully saturated rings. The minimum Gasteiger partial charge on any atom is -0.478 e. The van der Waals surface area contributed by atoms with Crippen molar-refractivity contribution in [3.8, 4) is 0 Å². The van der Waals surface area contributed by atoms with Crippen molar-refractivity contribution in [2.75, 3.05) is 5.32 Å². The normalized spacial score (nSPS) is 11.4. The molecule has 0 radical (unpaired) electrons. The number of rotatable bonds is 6. The summed E-state index contributed by atoms with van der Waals surface area (Å²) in [4.78, 5) is 35.7. The Morgan fingerprint density at radius 2 is 1.90 bits per heavy atom. The molecule has 3 heterocycles. The molecule has 0 atom stereocenters. The predicted molar refractivity (Wildman–Crippen MR) is 115 cm³/mol. The lowest BCUT2D eigenvalue weighted by Crippen LogP contribution is -2.14. The summed E-state index contributed by atoms with van der Waals surface area (Å²) in [6.07, 6.45) is 8.32. The number of hydrogen-bond donors (Lipinski definition) is 3. The van der Waals surface area contributed by atoms with Crippen LogP contribution in [0.5, 0.6) is 0 Å². The molecule has 0 aliphatic heterocycles. The Hall–Kier alpha value is -4.26. The third-order valence-corrected chi connectivity index (χ3v) is 4.58. The summed E-state index contributed by atoms with van der Waals surface area (Å²) in [5.74, 6) is -1.24. The van der Waals surface area contributed by atoms with Gasteiger partial charge in [0.05, 0.1) is 17.7 Å². The summed E-state index contributed by atoms with van der Waals surface area (Å²) in [5, 5.41) is 13.3. The van der Waals surface area contributed by atoms with Crippen molar-refractivity contribution >= 4 is 40.2 Å². The smallest absolute Gasteiger partial charge is 0.336 e. The van der Waals surface area contributed by atoms with Gasteiger partial charge in [-0.15, -0.1) is 0 Å². The van der Waals surface area contributed by atoms with E-state index < -0.39 is 5.97 Å². The van der Waals surface area contributed by atoms with Gasteiger partial charge in [-0.3, -0.25) is 9.78 Å². The molecule has 3 N–H and O–H groups in total. The van der Waals surface area contributed by atoms with Crippen LogP contribution in [0.3, 0.4) is 0 Å². The highest BCUT2D eigenvalue weighted by molar-refractivity contribution is 6.22. The van der Waals surface area contributed by atoms with Gasteiger partial charge in [-0.2, -0.15) is 0 Å². The van der Waals surface area contributed by atoms with E-state index in [2.05, 4.69) is 20.3 Å². The lowest BCUT2D eigenvalue weighted by Gasteiger charge is -2.08. The van der Waals surface area contributed by atoms with Gasteiger partial charge in [0, 0.05) is 35.7 Å². The highest BCUT2D eigenvalue weighted by Gasteiger charge is 2.15. The zero-order valence-corrected chi connectivity index (χ0v) is 15.9. The van der Waals surface area contributed by atoms with Crippen LogP contribution in [-0.2, 0) is 16.0 Å². The van der Waals surface area contributed by atoms with Crippen molar-refractivity contribution < 1.29 is 14.7 Å². The van der Waals surface area contributed by atoms with Gasteiger partial charge in [0.15, 0.2) is 0 Å². The molecule has 0 unspecified atom stereocenters. The van der Waals surface area contributed by atoms with E-state index in [0.717, 1.165) is 5.56 Å². The van der Waals surface area contributed by atoms with Gasteiger partial charge in [0.25, 0.3) is 0 Å². The van der Waals surface area contributed by atoms with Crippen molar-refractivity contribution in [2.45, 2.75) is 6.42 Å². The standard InChI is InChI=1S/C23H18N4O3/c28-20(11-15-5-4-9-24-13-15)27-19-8-10-25-22-21(19)17(14-26-22)12-18(23(29)30)16-6-2-1-3-7-16/h1-10,12-14H,11H2,(H,29,30)(H2,25,26,27,28). The van der Waals surface area contributed by atoms with Crippen LogP contribution in [0, 0.1) is 0 Å². The van der Waals surface area contributed by atoms with Crippen LogP contribution in [0.15, 0.2) is 73.3 Å². The van der Waals surface area contributed by atoms with Gasteiger partial charge < -0.3 is 15.4 Å². The second-order valence-corrected chi connectivity index (χ2v) is 6.64. The predicted octanol–water partition coefficient (Wildman–Crippen LogP) is 3.76. The average Bonchev–Trinajstić information content (AvgIpc) is 3.17. The zero-order chi connectivity index (χ0) is 20.9. The number of fused-ring (bicyclic) bond motifs is 1. The van der Waals surface area contributed by atoms with Crippen molar-refractivity contribution in [3.63, 3.8) is 0 Å². The van der Waals surface area contributed by atoms with E-state index in [1.54, 1.807) is 67.3 Å². The van der Waals surface area contributed by atoms with E-state index in [4.69, 9.17) is 0 Å². The molecule has 0 aliphatic rings. The van der Waals surface area contributed by atoms with Crippen LogP contribution in [-0.4, -0.2) is 31.9 Å². The summed E-state index contributed by atoms with van der Waals surface area (Å²) in [6.45, 7) is 0. The van der Waals surface area contributed by atoms with E-state index in [1.807, 2.05) is 12.1 Å². The molecule has 148 valence electrons. The first-order valence-electron chi connectivity index (χ1n) is 9.27. The fraction of sp³-hybridized carbons (Fsp3) is 0.0435. The van der Waals surface area contributed by atoms with Crippen LogP contribution in [0.25, 0.3) is 22.7 Å². The number of carbonyl (C=O) groups is 2. The Morgan fingerprint density at radius 3 is 2.63 bits per heavy atom. The minimum absolute atomic E-state index is 0.146. The Morgan fingerprint density at radius 1 is 1.07 bits per heavy atom. The van der Waals surface area contributed by atoms with Gasteiger partial charge in [-0.05, 0) is 29.3 Å². The van der Waals surface area contributed by atoms with Crippen molar-refractivity contribution in [1.29, 1.82) is 0 Å². The van der Waals surface area contributed by atoms with Crippen molar-refractivity contribution in [2.24, 2.45) is 0 Å². The molecule has 0 saturated heterocycles. The van der Waals surface area contributed by atoms with Gasteiger partial charge in [0.1, 0.15) is 5.65 Å². The topological polar surface area (TPSA) is 108 Å². The number of anilines is 1. The number of nitrogens with zero attached hydrogens (tertiary/aromatic N) is 2. The van der Waals surface area contributed by atoms with E-state index in [9.17, 15) is 14.7 Å². The Kier molecular flexibility index (Phi) is 5.34. The number of H-pyrrole nitrogens is 1. The number of carboxylic acid groups (broad SMARTS) is 1. The number of carbonyl (C=O) groups excluding carboxylic acids is 1. The van der Waals surface area contributed by atoms with Crippen LogP contribution < -0.4 is 5.32 Å². The number of benzene rings is 1. The highest BCUT2D eigenvalue weighted by atomic mass is 16.4. The van der Waals surface area contributed by atoms with E-state index in [-0.39, 0.29) is 17.9 Å². The fourth-order valence-corrected chi connectivity index (χ4v) is 3.22. The Labute approximate surface area is 172 Å². The molecule has 0 aliphatic carbocycles. The quantitative estimate of drug-likeness (QED) is 0.429. The molecule has 3 aromatic heterocycles. The third-order valence-electron chi connectivity index (χ3n) is 4.58. The molecule has 0 spiro atoms. The summed E-state index contributed by atoms with van der Waals surface area (Å²) < 4.78 is 0. The molecule has 7 nitrogen and oxygen atoms in total. The number of hydrogen-bond acceptors (Lipinski definition) is 4. The number of amides is 1. The molecule has 0 saturated carbocycles. The van der Waals surface area contributed by atoms with Crippen molar-refractivity contribution in [1.82, 2.24) is 15.0 Å². The molecule has 30 heavy (non-hydrogen) atoms. The molecular formula is C23H18N4O3. The van der Waals surface area contributed by atoms with Gasteiger partial charge in [0.2, 0.25) is 5.91 Å². The van der Waals surface area contributed by atoms with Crippen LogP contribution in [0.1, 0.15) is 16.7 Å². The molecule has 1 aromatic carbocycles. The maximum Gasteiger partial charge on any atom is 0.336 e. The molecule has 4 rings (SSSR count). The average molecular weight is 398 g/mol. The second kappa shape index (κ2) is 8.40. The minimum atomic E-state index is -1.04. The molecule has 0 bridgehead atoms. The highest BCUT2D eigenvalue weighted by Crippen LogP contribution is 2.29. The Balaban J connectivity index is 1.70. The van der Waals surface area contributed by atoms with Crippen molar-refractivity contribution in [3.05, 3.63) is 90.0 Å². The SMILES string of the molecule is O=C(Cc1cccnc1)Nc1ccnc2[nH]cc(C=C(C(=O)O)c3ccccc3)c12. The van der Waals surface area contributed by atoms with Crippen LogP contribution in [0.2, 0.25) is 0 Å². The monoisotopic (exact) mass is 398 g/mol. The number of pyridine rings is 2. The van der Waals surface area contributed by atoms with Crippen LogP contribution >= 0.6 is 0 Å². The van der Waals surface area contributed by atoms with Gasteiger partial charge in [-0.1, -0.05) is 36.4 Å². The lowest BCUT2D eigenvalue weighted by molar-refractivity contribution is -0.130. The van der Waals surface area contributed by atoms with E-state index in [0.29, 0.717) is 27.8 Å². The van der Waals surface area contributed by atoms with Gasteiger partial charge in [-0.25, -0.2) is 9.78 Å². The molecule has 4 aromatic rings. The first-order chi connectivity index (χ1) is 14.6. The zero-order valence-electron chi connectivity index (χ0n) is 15.9. The first kappa shape index (κ1) is 19.1. The summed E-state index contributed by atoms with van der Waals surface area (Å²) in [7, 11) is 0. The number of aromatic nitrogens is 3. The Bertz CT molecular complexity index is 1230. The van der Waals surface area contributed by atoms with E-state index in [1.165, 1.54) is 0 Å². The number of aromatic amines is 1. The molecular weight excluding hydrogens is 380 g/mol. The lowest BCUT2D eigenvalue weighted by atomic mass is 10.0. The maximum absolute atomic E-state index is 12.5. The fourth-order valence-electron chi connectivity index (χ4n) is 3.22. The summed E-state index contributed by atoms with van der Waals surface area (Å²) in [6, 6.07) is 14.2. The first-order valence-corrected chi connectivity index (χ1v) is 9.27. The third kappa shape index (κ3) is 4.10. The number of carboxylic acids is 1. The largest absolute Gasteiger partial charge is 0.478 e.